The van der Waals surface area contributed by atoms with Crippen molar-refractivity contribution in [1.82, 2.24) is 10.2 Å². The topological polar surface area (TPSA) is 63.2 Å². The largest absolute Gasteiger partial charge is 0.379 e. The SMILES string of the molecule is CC1(C(=O)NCCN2CCOCC2)CC(c2ccccc2F)=NO1. The normalized spacial score (nSPS) is 24.3. The summed E-state index contributed by atoms with van der Waals surface area (Å²) in [4.78, 5) is 20.0. The van der Waals surface area contributed by atoms with Crippen LogP contribution < -0.4 is 5.32 Å². The van der Waals surface area contributed by atoms with Crippen LogP contribution in [0.5, 0.6) is 0 Å². The second-order valence-corrected chi connectivity index (χ2v) is 6.23. The summed E-state index contributed by atoms with van der Waals surface area (Å²) in [6, 6.07) is 6.36. The van der Waals surface area contributed by atoms with Crippen molar-refractivity contribution >= 4 is 11.6 Å². The van der Waals surface area contributed by atoms with E-state index in [1.54, 1.807) is 25.1 Å². The van der Waals surface area contributed by atoms with Gasteiger partial charge in [0.15, 0.2) is 0 Å². The van der Waals surface area contributed by atoms with Crippen LogP contribution in [0.3, 0.4) is 0 Å². The van der Waals surface area contributed by atoms with Gasteiger partial charge in [-0.15, -0.1) is 0 Å². The number of carbonyl (C=O) groups excluding carboxylic acids is 1. The molecule has 1 saturated heterocycles. The van der Waals surface area contributed by atoms with E-state index < -0.39 is 5.60 Å². The lowest BCUT2D eigenvalue weighted by Gasteiger charge is -2.27. The second kappa shape index (κ2) is 7.27. The third-order valence-corrected chi connectivity index (χ3v) is 4.34. The molecule has 7 heteroatoms. The number of rotatable bonds is 5. The Labute approximate surface area is 140 Å². The molecule has 2 heterocycles. The molecule has 1 N–H and O–H groups in total. The number of carbonyl (C=O) groups is 1. The van der Waals surface area contributed by atoms with Gasteiger partial charge in [0.2, 0.25) is 5.60 Å². The van der Waals surface area contributed by atoms with Crippen molar-refractivity contribution in [2.75, 3.05) is 39.4 Å². The van der Waals surface area contributed by atoms with Gasteiger partial charge in [0, 0.05) is 38.2 Å². The van der Waals surface area contributed by atoms with E-state index in [0.29, 0.717) is 17.8 Å². The van der Waals surface area contributed by atoms with Crippen LogP contribution in [0.15, 0.2) is 29.4 Å². The van der Waals surface area contributed by atoms with E-state index in [0.717, 1.165) is 32.8 Å². The first-order chi connectivity index (χ1) is 11.6. The van der Waals surface area contributed by atoms with Gasteiger partial charge in [-0.1, -0.05) is 23.4 Å². The first kappa shape index (κ1) is 16.9. The van der Waals surface area contributed by atoms with E-state index in [4.69, 9.17) is 9.57 Å². The molecule has 130 valence electrons. The quantitative estimate of drug-likeness (QED) is 0.877. The number of benzene rings is 1. The number of hydrogen-bond donors (Lipinski definition) is 1. The number of halogens is 1. The molecule has 24 heavy (non-hydrogen) atoms. The summed E-state index contributed by atoms with van der Waals surface area (Å²) in [6.07, 6.45) is 0.247. The maximum absolute atomic E-state index is 13.9. The Morgan fingerprint density at radius 1 is 1.38 bits per heavy atom. The highest BCUT2D eigenvalue weighted by Crippen LogP contribution is 2.27. The van der Waals surface area contributed by atoms with Gasteiger partial charge in [-0.2, -0.15) is 0 Å². The molecule has 0 aliphatic carbocycles. The lowest BCUT2D eigenvalue weighted by molar-refractivity contribution is -0.141. The number of oxime groups is 1. The average molecular weight is 335 g/mol. The molecule has 3 rings (SSSR count). The van der Waals surface area contributed by atoms with Gasteiger partial charge in [0.1, 0.15) is 5.82 Å². The Morgan fingerprint density at radius 3 is 2.88 bits per heavy atom. The highest BCUT2D eigenvalue weighted by Gasteiger charge is 2.42. The summed E-state index contributed by atoms with van der Waals surface area (Å²) in [5.74, 6) is -0.595. The van der Waals surface area contributed by atoms with Gasteiger partial charge >= 0.3 is 0 Å². The minimum atomic E-state index is -1.09. The highest BCUT2D eigenvalue weighted by molar-refractivity contribution is 6.05. The maximum Gasteiger partial charge on any atom is 0.267 e. The molecule has 0 spiro atoms. The van der Waals surface area contributed by atoms with Crippen LogP contribution in [0, 0.1) is 5.82 Å². The third kappa shape index (κ3) is 3.73. The zero-order valence-corrected chi connectivity index (χ0v) is 13.8. The Hall–Kier alpha value is -1.99. The van der Waals surface area contributed by atoms with Gasteiger partial charge < -0.3 is 14.9 Å². The van der Waals surface area contributed by atoms with Crippen molar-refractivity contribution in [3.05, 3.63) is 35.6 Å². The van der Waals surface area contributed by atoms with Crippen LogP contribution in [0.2, 0.25) is 0 Å². The number of amides is 1. The number of morpholine rings is 1. The highest BCUT2D eigenvalue weighted by atomic mass is 19.1. The molecule has 1 amide bonds. The summed E-state index contributed by atoms with van der Waals surface area (Å²) in [5.41, 5.74) is -0.260. The van der Waals surface area contributed by atoms with E-state index in [1.807, 2.05) is 0 Å². The van der Waals surface area contributed by atoms with Gasteiger partial charge in [0.05, 0.1) is 18.9 Å². The first-order valence-corrected chi connectivity index (χ1v) is 8.17. The number of ether oxygens (including phenoxy) is 1. The second-order valence-electron chi connectivity index (χ2n) is 6.23. The lowest BCUT2D eigenvalue weighted by atomic mass is 9.95. The van der Waals surface area contributed by atoms with Gasteiger partial charge in [-0.25, -0.2) is 4.39 Å². The lowest BCUT2D eigenvalue weighted by Crippen LogP contribution is -2.48. The van der Waals surface area contributed by atoms with Crippen molar-refractivity contribution in [3.8, 4) is 0 Å². The van der Waals surface area contributed by atoms with Crippen LogP contribution in [-0.4, -0.2) is 61.5 Å². The minimum absolute atomic E-state index is 0.231. The predicted octanol–water partition coefficient (Wildman–Crippen LogP) is 1.16. The molecular formula is C17H22FN3O3. The monoisotopic (exact) mass is 335 g/mol. The molecule has 1 aromatic carbocycles. The standard InChI is InChI=1S/C17H22FN3O3/c1-17(16(22)19-6-7-21-8-10-23-11-9-21)12-15(20-24-17)13-4-2-3-5-14(13)18/h2-5H,6-12H2,1H3,(H,19,22). The van der Waals surface area contributed by atoms with Gasteiger partial charge in [0.25, 0.3) is 5.91 Å². The summed E-state index contributed by atoms with van der Waals surface area (Å²) in [6.45, 7) is 6.20. The fourth-order valence-electron chi connectivity index (χ4n) is 2.84. The zero-order valence-electron chi connectivity index (χ0n) is 13.8. The fraction of sp³-hybridized carbons (Fsp3) is 0.529. The van der Waals surface area contributed by atoms with E-state index >= 15 is 0 Å². The molecule has 1 atom stereocenters. The summed E-state index contributed by atoms with van der Waals surface area (Å²) >= 11 is 0. The molecule has 6 nitrogen and oxygen atoms in total. The molecular weight excluding hydrogens is 313 g/mol. The fourth-order valence-corrected chi connectivity index (χ4v) is 2.84. The maximum atomic E-state index is 13.9. The van der Waals surface area contributed by atoms with E-state index in [1.165, 1.54) is 6.07 Å². The molecule has 1 unspecified atom stereocenters. The van der Waals surface area contributed by atoms with E-state index in [9.17, 15) is 9.18 Å². The van der Waals surface area contributed by atoms with Crippen molar-refractivity contribution in [1.29, 1.82) is 0 Å². The number of hydrogen-bond acceptors (Lipinski definition) is 5. The molecule has 1 aromatic rings. The first-order valence-electron chi connectivity index (χ1n) is 8.17. The molecule has 1 fully saturated rings. The molecule has 0 bridgehead atoms. The Kier molecular flexibility index (Phi) is 5.11. The Bertz CT molecular complexity index is 631. The van der Waals surface area contributed by atoms with Gasteiger partial charge in [-0.05, 0) is 13.0 Å². The van der Waals surface area contributed by atoms with Crippen LogP contribution in [0.25, 0.3) is 0 Å². The molecule has 0 radical (unpaired) electrons. The Morgan fingerprint density at radius 2 is 2.12 bits per heavy atom. The minimum Gasteiger partial charge on any atom is -0.379 e. The number of nitrogens with zero attached hydrogens (tertiary/aromatic N) is 2. The third-order valence-electron chi connectivity index (χ3n) is 4.34. The van der Waals surface area contributed by atoms with Crippen LogP contribution in [-0.2, 0) is 14.4 Å². The van der Waals surface area contributed by atoms with Crippen molar-refractivity contribution in [2.24, 2.45) is 5.16 Å². The molecule has 2 aliphatic rings. The van der Waals surface area contributed by atoms with Crippen LogP contribution in [0.1, 0.15) is 18.9 Å². The van der Waals surface area contributed by atoms with E-state index in [-0.39, 0.29) is 18.1 Å². The summed E-state index contributed by atoms with van der Waals surface area (Å²) in [5, 5.41) is 6.81. The smallest absolute Gasteiger partial charge is 0.267 e. The van der Waals surface area contributed by atoms with Crippen LogP contribution >= 0.6 is 0 Å². The van der Waals surface area contributed by atoms with Crippen molar-refractivity contribution < 1.29 is 18.8 Å². The summed E-state index contributed by atoms with van der Waals surface area (Å²) < 4.78 is 19.1. The van der Waals surface area contributed by atoms with Gasteiger partial charge in [-0.3, -0.25) is 9.69 Å². The molecule has 2 aliphatic heterocycles. The molecule has 0 aromatic heterocycles. The van der Waals surface area contributed by atoms with Crippen LogP contribution in [0.4, 0.5) is 4.39 Å². The predicted molar refractivity (Wildman–Crippen MR) is 87.3 cm³/mol. The summed E-state index contributed by atoms with van der Waals surface area (Å²) in [7, 11) is 0. The zero-order chi connectivity index (χ0) is 17.0. The van der Waals surface area contributed by atoms with Crippen molar-refractivity contribution in [3.63, 3.8) is 0 Å². The number of nitrogens with one attached hydrogen (secondary N) is 1. The average Bonchev–Trinajstić information content (AvgIpc) is 3.00. The molecule has 0 saturated carbocycles. The Balaban J connectivity index is 1.51. The van der Waals surface area contributed by atoms with Crippen molar-refractivity contribution in [2.45, 2.75) is 18.9 Å². The van der Waals surface area contributed by atoms with E-state index in [2.05, 4.69) is 15.4 Å².